The van der Waals surface area contributed by atoms with E-state index in [0.29, 0.717) is 39.2 Å². The van der Waals surface area contributed by atoms with Gasteiger partial charge in [-0.25, -0.2) is 5.43 Å². The van der Waals surface area contributed by atoms with Crippen molar-refractivity contribution in [2.24, 2.45) is 5.10 Å². The largest absolute Gasteiger partial charge is 0.455 e. The number of nitrogens with zero attached hydrogens (tertiary/aromatic N) is 1. The summed E-state index contributed by atoms with van der Waals surface area (Å²) in [6, 6.07) is 24.5. The van der Waals surface area contributed by atoms with Crippen molar-refractivity contribution in [1.82, 2.24) is 10.7 Å². The molecule has 2 heterocycles. The van der Waals surface area contributed by atoms with E-state index in [0.717, 1.165) is 5.56 Å². The number of carbonyl (C=O) groups is 2. The second-order valence-corrected chi connectivity index (χ2v) is 8.28. The Labute approximate surface area is 217 Å². The van der Waals surface area contributed by atoms with E-state index in [1.165, 1.54) is 12.3 Å². The highest BCUT2D eigenvalue weighted by Gasteiger charge is 2.17. The molecule has 0 radical (unpaired) electrons. The molecule has 9 heteroatoms. The van der Waals surface area contributed by atoms with Gasteiger partial charge in [-0.2, -0.15) is 5.10 Å². The quantitative estimate of drug-likeness (QED) is 0.200. The molecule has 0 spiro atoms. The molecule has 184 valence electrons. The van der Waals surface area contributed by atoms with Crippen molar-refractivity contribution in [2.45, 2.75) is 0 Å². The fraction of sp³-hybridized carbons (Fsp3) is 0.0357. The zero-order chi connectivity index (χ0) is 25.6. The lowest BCUT2D eigenvalue weighted by Crippen LogP contribution is -2.32. The van der Waals surface area contributed by atoms with E-state index >= 15 is 0 Å². The van der Waals surface area contributed by atoms with Crippen LogP contribution in [0.25, 0.3) is 17.4 Å². The summed E-state index contributed by atoms with van der Waals surface area (Å²) in [5, 5.41) is 7.20. The van der Waals surface area contributed by atoms with Crippen molar-refractivity contribution in [3.63, 3.8) is 0 Å². The molecule has 2 amide bonds. The maximum atomic E-state index is 13.0. The van der Waals surface area contributed by atoms with Gasteiger partial charge in [-0.1, -0.05) is 48.0 Å². The van der Waals surface area contributed by atoms with Gasteiger partial charge in [-0.15, -0.1) is 0 Å². The molecule has 8 nitrogen and oxygen atoms in total. The van der Waals surface area contributed by atoms with Crippen LogP contribution in [0.5, 0.6) is 11.5 Å². The topological polar surface area (TPSA) is 102 Å². The number of benzene rings is 3. The van der Waals surface area contributed by atoms with Crippen molar-refractivity contribution >= 4 is 35.7 Å². The number of hydrogen-bond donors (Lipinski definition) is 2. The lowest BCUT2D eigenvalue weighted by molar-refractivity contribution is -0.117. The lowest BCUT2D eigenvalue weighted by Gasteiger charge is -2.09. The van der Waals surface area contributed by atoms with Gasteiger partial charge in [0.15, 0.2) is 11.5 Å². The molecule has 0 atom stereocenters. The predicted octanol–water partition coefficient (Wildman–Crippen LogP) is 5.25. The van der Waals surface area contributed by atoms with Gasteiger partial charge in [0.05, 0.1) is 11.2 Å². The van der Waals surface area contributed by atoms with E-state index in [2.05, 4.69) is 15.8 Å². The number of nitrogens with one attached hydrogen (secondary N) is 2. The third-order valence-electron chi connectivity index (χ3n) is 5.36. The number of rotatable bonds is 7. The van der Waals surface area contributed by atoms with Crippen LogP contribution in [0.15, 0.2) is 100 Å². The number of halogens is 1. The summed E-state index contributed by atoms with van der Waals surface area (Å²) in [5.41, 5.74) is 4.18. The Balaban J connectivity index is 1.34. The normalized spacial score (nSPS) is 12.5. The minimum Gasteiger partial charge on any atom is -0.455 e. The van der Waals surface area contributed by atoms with Crippen molar-refractivity contribution in [3.05, 3.63) is 113 Å². The van der Waals surface area contributed by atoms with Crippen LogP contribution in [0, 0.1) is 0 Å². The molecule has 0 fully saturated rings. The molecule has 1 aliphatic heterocycles. The smallest absolute Gasteiger partial charge is 0.287 e. The number of furan rings is 1. The molecular formula is C28H20ClN3O5. The molecular weight excluding hydrogens is 494 g/mol. The first-order valence-corrected chi connectivity index (χ1v) is 11.6. The number of hydrazone groups is 1. The van der Waals surface area contributed by atoms with E-state index in [4.69, 9.17) is 25.5 Å². The fourth-order valence-electron chi connectivity index (χ4n) is 3.55. The van der Waals surface area contributed by atoms with Gasteiger partial charge >= 0.3 is 0 Å². The van der Waals surface area contributed by atoms with Crippen molar-refractivity contribution in [3.8, 4) is 22.8 Å². The summed E-state index contributed by atoms with van der Waals surface area (Å²) in [6.45, 7) is 0.125. The van der Waals surface area contributed by atoms with Gasteiger partial charge in [0.2, 0.25) is 6.79 Å². The third kappa shape index (κ3) is 5.71. The predicted molar refractivity (Wildman–Crippen MR) is 139 cm³/mol. The van der Waals surface area contributed by atoms with Crippen LogP contribution in [-0.4, -0.2) is 24.8 Å². The number of fused-ring (bicyclic) bond motifs is 1. The highest BCUT2D eigenvalue weighted by atomic mass is 35.5. The first-order chi connectivity index (χ1) is 18.1. The minimum absolute atomic E-state index is 0.0129. The first kappa shape index (κ1) is 23.9. The van der Waals surface area contributed by atoms with Gasteiger partial charge in [0, 0.05) is 11.1 Å². The molecule has 0 saturated carbocycles. The van der Waals surface area contributed by atoms with E-state index in [9.17, 15) is 9.59 Å². The third-order valence-corrected chi connectivity index (χ3v) is 5.69. The van der Waals surface area contributed by atoms with Crippen molar-refractivity contribution in [1.29, 1.82) is 0 Å². The molecule has 37 heavy (non-hydrogen) atoms. The highest BCUT2D eigenvalue weighted by Crippen LogP contribution is 2.33. The van der Waals surface area contributed by atoms with Gasteiger partial charge in [0.1, 0.15) is 17.2 Å². The van der Waals surface area contributed by atoms with Crippen LogP contribution in [0.2, 0.25) is 5.02 Å². The molecule has 1 aromatic heterocycles. The Kier molecular flexibility index (Phi) is 7.00. The molecule has 5 rings (SSSR count). The number of ether oxygens (including phenoxy) is 2. The van der Waals surface area contributed by atoms with Gasteiger partial charge < -0.3 is 19.2 Å². The minimum atomic E-state index is -0.629. The summed E-state index contributed by atoms with van der Waals surface area (Å²) in [7, 11) is 0. The lowest BCUT2D eigenvalue weighted by atomic mass is 10.1. The average Bonchev–Trinajstić information content (AvgIpc) is 3.58. The zero-order valence-electron chi connectivity index (χ0n) is 19.3. The Morgan fingerprint density at radius 3 is 2.51 bits per heavy atom. The van der Waals surface area contributed by atoms with E-state index in [1.54, 1.807) is 66.7 Å². The number of carbonyl (C=O) groups excluding carboxylic acids is 2. The number of amides is 2. The van der Waals surface area contributed by atoms with Crippen LogP contribution < -0.4 is 20.2 Å². The second-order valence-electron chi connectivity index (χ2n) is 7.87. The molecule has 0 unspecified atom stereocenters. The highest BCUT2D eigenvalue weighted by molar-refractivity contribution is 6.33. The standard InChI is InChI=1S/C28H20ClN3O5/c29-22-9-5-4-8-21(22)24-13-11-20(37-24)16-30-32-28(34)23(31-27(33)19-6-2-1-3-7-19)14-18-10-12-25-26(15-18)36-17-35-25/h1-16H,17H2,(H,31,33)(H,32,34)/b23-14+,30-16-. The van der Waals surface area contributed by atoms with Crippen LogP contribution in [0.1, 0.15) is 21.7 Å². The zero-order valence-corrected chi connectivity index (χ0v) is 20.1. The van der Waals surface area contributed by atoms with E-state index in [1.807, 2.05) is 18.2 Å². The van der Waals surface area contributed by atoms with Crippen molar-refractivity contribution in [2.75, 3.05) is 6.79 Å². The molecule has 4 aromatic rings. The first-order valence-electron chi connectivity index (χ1n) is 11.2. The van der Waals surface area contributed by atoms with Crippen LogP contribution in [0.4, 0.5) is 0 Å². The summed E-state index contributed by atoms with van der Waals surface area (Å²) < 4.78 is 16.5. The van der Waals surface area contributed by atoms with Gasteiger partial charge in [0.25, 0.3) is 11.8 Å². The molecule has 1 aliphatic rings. The summed E-state index contributed by atoms with van der Waals surface area (Å²) in [6.07, 6.45) is 2.88. The molecule has 0 bridgehead atoms. The fourth-order valence-corrected chi connectivity index (χ4v) is 3.78. The summed E-state index contributed by atoms with van der Waals surface area (Å²) >= 11 is 6.23. The molecule has 0 aliphatic carbocycles. The average molecular weight is 514 g/mol. The van der Waals surface area contributed by atoms with E-state index in [-0.39, 0.29) is 12.5 Å². The SMILES string of the molecule is O=C(N/N=C\c1ccc(-c2ccccc2Cl)o1)/C(=C\c1ccc2c(c1)OCO2)NC(=O)c1ccccc1. The second kappa shape index (κ2) is 10.8. The van der Waals surface area contributed by atoms with E-state index < -0.39 is 11.8 Å². The number of hydrogen-bond acceptors (Lipinski definition) is 6. The molecule has 2 N–H and O–H groups in total. The molecule has 3 aromatic carbocycles. The maximum absolute atomic E-state index is 13.0. The Hall–Kier alpha value is -4.82. The summed E-state index contributed by atoms with van der Waals surface area (Å²) in [5.74, 6) is 1.06. The Morgan fingerprint density at radius 1 is 0.892 bits per heavy atom. The maximum Gasteiger partial charge on any atom is 0.287 e. The van der Waals surface area contributed by atoms with Gasteiger partial charge in [-0.3, -0.25) is 9.59 Å². The van der Waals surface area contributed by atoms with Crippen molar-refractivity contribution < 1.29 is 23.5 Å². The van der Waals surface area contributed by atoms with Crippen LogP contribution in [0.3, 0.4) is 0 Å². The van der Waals surface area contributed by atoms with Gasteiger partial charge in [-0.05, 0) is 60.2 Å². The summed E-state index contributed by atoms with van der Waals surface area (Å²) in [4.78, 5) is 25.8. The Morgan fingerprint density at radius 2 is 1.68 bits per heavy atom. The van der Waals surface area contributed by atoms with Crippen LogP contribution >= 0.6 is 11.6 Å². The molecule has 0 saturated heterocycles. The van der Waals surface area contributed by atoms with Crippen LogP contribution in [-0.2, 0) is 4.79 Å². The Bertz CT molecular complexity index is 1510. The monoisotopic (exact) mass is 513 g/mol.